The third-order valence-electron chi connectivity index (χ3n) is 2.70. The van der Waals surface area contributed by atoms with Crippen LogP contribution in [0.2, 0.25) is 5.15 Å². The molecule has 0 N–H and O–H groups in total. The van der Waals surface area contributed by atoms with E-state index in [2.05, 4.69) is 15.1 Å². The number of pyridine rings is 2. The molecular weight excluding hydrogens is 255 g/mol. The molecule has 0 bridgehead atoms. The molecule has 0 saturated heterocycles. The fraction of sp³-hybridized carbons (Fsp3) is 0.0833. The van der Waals surface area contributed by atoms with Crippen molar-refractivity contribution in [2.75, 3.05) is 0 Å². The molecule has 3 aromatic heterocycles. The molecule has 3 heterocycles. The quantitative estimate of drug-likeness (QED) is 0.634. The molecule has 0 atom stereocenters. The van der Waals surface area contributed by atoms with Crippen LogP contribution in [0.25, 0.3) is 22.2 Å². The van der Waals surface area contributed by atoms with E-state index < -0.39 is 5.95 Å². The van der Waals surface area contributed by atoms with Gasteiger partial charge >= 0.3 is 0 Å². The third kappa shape index (κ3) is 1.73. The minimum Gasteiger partial charge on any atom is -0.266 e. The first-order chi connectivity index (χ1) is 8.65. The van der Waals surface area contributed by atoms with E-state index in [0.717, 1.165) is 10.9 Å². The fourth-order valence-electron chi connectivity index (χ4n) is 1.89. The van der Waals surface area contributed by atoms with Crippen LogP contribution in [0, 0.1) is 5.95 Å². The summed E-state index contributed by atoms with van der Waals surface area (Å²) < 4.78 is 14.8. The Bertz CT molecular complexity index is 738. The molecule has 0 aliphatic heterocycles. The number of hydrogen-bond acceptors (Lipinski definition) is 3. The van der Waals surface area contributed by atoms with Crippen molar-refractivity contribution >= 4 is 22.5 Å². The van der Waals surface area contributed by atoms with E-state index in [1.165, 1.54) is 12.3 Å². The highest BCUT2D eigenvalue weighted by atomic mass is 35.5. The van der Waals surface area contributed by atoms with Crippen molar-refractivity contribution in [3.63, 3.8) is 0 Å². The number of rotatable bonds is 1. The molecule has 0 aromatic carbocycles. The summed E-state index contributed by atoms with van der Waals surface area (Å²) in [7, 11) is 1.80. The Morgan fingerprint density at radius 1 is 1.28 bits per heavy atom. The molecule has 0 aliphatic rings. The van der Waals surface area contributed by atoms with Gasteiger partial charge in [-0.15, -0.1) is 0 Å². The maximum atomic E-state index is 13.2. The predicted molar refractivity (Wildman–Crippen MR) is 66.7 cm³/mol. The Kier molecular flexibility index (Phi) is 2.48. The zero-order valence-corrected chi connectivity index (χ0v) is 10.2. The van der Waals surface area contributed by atoms with Crippen LogP contribution in [0.4, 0.5) is 4.39 Å². The lowest BCUT2D eigenvalue weighted by atomic mass is 10.1. The molecule has 3 rings (SSSR count). The summed E-state index contributed by atoms with van der Waals surface area (Å²) in [6, 6.07) is 4.77. The first-order valence-electron chi connectivity index (χ1n) is 5.25. The Balaban J connectivity index is 2.32. The number of aryl methyl sites for hydroxylation is 1. The van der Waals surface area contributed by atoms with Crippen LogP contribution in [-0.2, 0) is 7.05 Å². The van der Waals surface area contributed by atoms with E-state index in [-0.39, 0.29) is 0 Å². The largest absolute Gasteiger partial charge is 0.266 e. The van der Waals surface area contributed by atoms with Gasteiger partial charge in [0.2, 0.25) is 5.95 Å². The Hall–Kier alpha value is -2.01. The number of hydrogen-bond donors (Lipinski definition) is 0. The monoisotopic (exact) mass is 262 g/mol. The SMILES string of the molecule is Cn1nc(-c2ccnc(F)c2)c2cc(Cl)ncc21. The van der Waals surface area contributed by atoms with Crippen molar-refractivity contribution in [1.82, 2.24) is 19.7 Å². The van der Waals surface area contributed by atoms with Crippen LogP contribution in [0.3, 0.4) is 0 Å². The van der Waals surface area contributed by atoms with E-state index in [0.29, 0.717) is 16.4 Å². The summed E-state index contributed by atoms with van der Waals surface area (Å²) in [5.74, 6) is -0.536. The summed E-state index contributed by atoms with van der Waals surface area (Å²) in [6.45, 7) is 0. The van der Waals surface area contributed by atoms with Gasteiger partial charge in [0.05, 0.1) is 11.7 Å². The maximum absolute atomic E-state index is 13.2. The number of fused-ring (bicyclic) bond motifs is 1. The van der Waals surface area contributed by atoms with Crippen molar-refractivity contribution in [1.29, 1.82) is 0 Å². The Morgan fingerprint density at radius 2 is 2.11 bits per heavy atom. The Morgan fingerprint density at radius 3 is 2.89 bits per heavy atom. The molecule has 0 amide bonds. The third-order valence-corrected chi connectivity index (χ3v) is 2.91. The van der Waals surface area contributed by atoms with E-state index in [9.17, 15) is 4.39 Å². The lowest BCUT2D eigenvalue weighted by Gasteiger charge is -1.97. The molecule has 0 aliphatic carbocycles. The highest BCUT2D eigenvalue weighted by Crippen LogP contribution is 2.28. The van der Waals surface area contributed by atoms with E-state index >= 15 is 0 Å². The van der Waals surface area contributed by atoms with Gasteiger partial charge in [0, 0.05) is 30.3 Å². The number of halogens is 2. The smallest absolute Gasteiger partial charge is 0.213 e. The van der Waals surface area contributed by atoms with Crippen LogP contribution in [-0.4, -0.2) is 19.7 Å². The lowest BCUT2D eigenvalue weighted by molar-refractivity contribution is 0.584. The van der Waals surface area contributed by atoms with Crippen molar-refractivity contribution in [2.45, 2.75) is 0 Å². The van der Waals surface area contributed by atoms with Crippen LogP contribution < -0.4 is 0 Å². The van der Waals surface area contributed by atoms with Crippen molar-refractivity contribution in [3.8, 4) is 11.3 Å². The van der Waals surface area contributed by atoms with Gasteiger partial charge in [-0.3, -0.25) is 4.68 Å². The predicted octanol–water partition coefficient (Wildman–Crippen LogP) is 2.82. The van der Waals surface area contributed by atoms with Gasteiger partial charge in [0.15, 0.2) is 0 Å². The van der Waals surface area contributed by atoms with E-state index in [1.54, 1.807) is 30.1 Å². The lowest BCUT2D eigenvalue weighted by Crippen LogP contribution is -1.90. The zero-order valence-electron chi connectivity index (χ0n) is 9.43. The van der Waals surface area contributed by atoms with Crippen LogP contribution in [0.5, 0.6) is 0 Å². The molecule has 0 radical (unpaired) electrons. The first kappa shape index (κ1) is 11.1. The van der Waals surface area contributed by atoms with Gasteiger partial charge < -0.3 is 0 Å². The summed E-state index contributed by atoms with van der Waals surface area (Å²) in [4.78, 5) is 7.54. The minimum atomic E-state index is -0.536. The normalized spacial score (nSPS) is 11.1. The molecule has 0 fully saturated rings. The summed E-state index contributed by atoms with van der Waals surface area (Å²) >= 11 is 5.88. The van der Waals surface area contributed by atoms with Gasteiger partial charge in [-0.05, 0) is 12.1 Å². The topological polar surface area (TPSA) is 43.6 Å². The second-order valence-electron chi connectivity index (χ2n) is 3.86. The molecule has 90 valence electrons. The van der Waals surface area contributed by atoms with Gasteiger partial charge in [-0.25, -0.2) is 9.97 Å². The molecule has 3 aromatic rings. The average molecular weight is 263 g/mol. The summed E-state index contributed by atoms with van der Waals surface area (Å²) in [5.41, 5.74) is 2.17. The van der Waals surface area contributed by atoms with Crippen molar-refractivity contribution in [2.24, 2.45) is 7.05 Å². The van der Waals surface area contributed by atoms with Crippen LogP contribution >= 0.6 is 11.6 Å². The molecule has 6 heteroatoms. The molecule has 0 saturated carbocycles. The number of nitrogens with zero attached hydrogens (tertiary/aromatic N) is 4. The molecular formula is C12H8ClFN4. The van der Waals surface area contributed by atoms with E-state index in [1.807, 2.05) is 0 Å². The minimum absolute atomic E-state index is 0.381. The average Bonchev–Trinajstić information content (AvgIpc) is 2.66. The van der Waals surface area contributed by atoms with Crippen molar-refractivity contribution < 1.29 is 4.39 Å². The van der Waals surface area contributed by atoms with Gasteiger partial charge in [0.1, 0.15) is 10.8 Å². The zero-order chi connectivity index (χ0) is 12.7. The van der Waals surface area contributed by atoms with Gasteiger partial charge in [0.25, 0.3) is 0 Å². The molecule has 4 nitrogen and oxygen atoms in total. The van der Waals surface area contributed by atoms with E-state index in [4.69, 9.17) is 11.6 Å². The highest BCUT2D eigenvalue weighted by molar-refractivity contribution is 6.30. The second kappa shape index (κ2) is 4.03. The first-order valence-corrected chi connectivity index (χ1v) is 5.63. The summed E-state index contributed by atoms with van der Waals surface area (Å²) in [6.07, 6.45) is 3.06. The highest BCUT2D eigenvalue weighted by Gasteiger charge is 2.12. The second-order valence-corrected chi connectivity index (χ2v) is 4.25. The number of aromatic nitrogens is 4. The maximum Gasteiger partial charge on any atom is 0.213 e. The van der Waals surface area contributed by atoms with Gasteiger partial charge in [-0.2, -0.15) is 9.49 Å². The van der Waals surface area contributed by atoms with Crippen LogP contribution in [0.1, 0.15) is 0 Å². The Labute approximate surface area is 107 Å². The van der Waals surface area contributed by atoms with Crippen LogP contribution in [0.15, 0.2) is 30.6 Å². The standard InChI is InChI=1S/C12H8ClFN4/c1-18-9-6-16-10(13)5-8(9)12(17-18)7-2-3-15-11(14)4-7/h2-6H,1H3. The summed E-state index contributed by atoms with van der Waals surface area (Å²) in [5, 5.41) is 5.58. The molecule has 0 unspecified atom stereocenters. The molecule has 18 heavy (non-hydrogen) atoms. The fourth-order valence-corrected chi connectivity index (χ4v) is 2.05. The van der Waals surface area contributed by atoms with Gasteiger partial charge in [-0.1, -0.05) is 11.6 Å². The molecule has 0 spiro atoms. The van der Waals surface area contributed by atoms with Crippen molar-refractivity contribution in [3.05, 3.63) is 41.7 Å².